The van der Waals surface area contributed by atoms with E-state index in [4.69, 9.17) is 4.74 Å². The molecule has 32 heavy (non-hydrogen) atoms. The fourth-order valence-corrected chi connectivity index (χ4v) is 3.97. The molecule has 4 rings (SSSR count). The van der Waals surface area contributed by atoms with Crippen LogP contribution in [0.3, 0.4) is 0 Å². The van der Waals surface area contributed by atoms with Crippen molar-refractivity contribution in [3.8, 4) is 5.75 Å². The highest BCUT2D eigenvalue weighted by Gasteiger charge is 2.36. The predicted molar refractivity (Wildman–Crippen MR) is 115 cm³/mol. The van der Waals surface area contributed by atoms with Crippen LogP contribution in [0.2, 0.25) is 0 Å². The summed E-state index contributed by atoms with van der Waals surface area (Å²) in [5, 5.41) is 2.78. The summed E-state index contributed by atoms with van der Waals surface area (Å²) in [5.41, 5.74) is 0.250. The number of imidazole rings is 1. The van der Waals surface area contributed by atoms with Crippen LogP contribution in [0.15, 0.2) is 33.9 Å². The lowest BCUT2D eigenvalue weighted by Gasteiger charge is -2.24. The molecule has 11 heteroatoms. The number of aromatic nitrogens is 4. The van der Waals surface area contributed by atoms with E-state index in [1.165, 1.54) is 18.7 Å². The van der Waals surface area contributed by atoms with Gasteiger partial charge in [-0.05, 0) is 12.5 Å². The molecule has 1 atom stereocenters. The van der Waals surface area contributed by atoms with E-state index in [0.29, 0.717) is 18.0 Å². The van der Waals surface area contributed by atoms with Crippen molar-refractivity contribution in [1.29, 1.82) is 0 Å². The molecule has 2 amide bonds. The molecular weight excluding hydrogens is 416 g/mol. The number of likely N-dealkylation sites (tertiary alicyclic amines) is 1. The molecular formula is C21H24N6O5. The van der Waals surface area contributed by atoms with Crippen LogP contribution in [0.5, 0.6) is 5.75 Å². The highest BCUT2D eigenvalue weighted by Crippen LogP contribution is 2.26. The Morgan fingerprint density at radius 1 is 1.22 bits per heavy atom. The number of benzene rings is 1. The van der Waals surface area contributed by atoms with Crippen molar-refractivity contribution in [3.63, 3.8) is 0 Å². The van der Waals surface area contributed by atoms with Gasteiger partial charge in [0.1, 0.15) is 23.1 Å². The van der Waals surface area contributed by atoms with Gasteiger partial charge in [0.25, 0.3) is 5.56 Å². The Balaban J connectivity index is 1.50. The molecule has 0 bridgehead atoms. The Hall–Kier alpha value is -3.89. The highest BCUT2D eigenvalue weighted by molar-refractivity contribution is 5.90. The Kier molecular flexibility index (Phi) is 5.56. The van der Waals surface area contributed by atoms with Gasteiger partial charge in [-0.25, -0.2) is 9.78 Å². The standard InChI is InChI=1S/C21H24N6O5/c1-25-18-17(20(30)26(2)21(25)31)23-15(24-18)10-22-19(29)13-8-9-16(28)27(13)11-12-6-4-5-7-14(12)32-3/h4-7,13H,8-11H2,1-3H3,(H,22,29)(H,23,24). The third kappa shape index (κ3) is 3.66. The van der Waals surface area contributed by atoms with Crippen molar-refractivity contribution in [3.05, 3.63) is 56.5 Å². The number of aromatic amines is 1. The number of carbonyl (C=O) groups excluding carboxylic acids is 2. The monoisotopic (exact) mass is 440 g/mol. The number of carbonyl (C=O) groups is 2. The van der Waals surface area contributed by atoms with Gasteiger partial charge in [0.05, 0.1) is 20.2 Å². The summed E-state index contributed by atoms with van der Waals surface area (Å²) in [6.45, 7) is 0.293. The molecule has 1 aromatic carbocycles. The number of hydrogen-bond donors (Lipinski definition) is 2. The number of H-pyrrole nitrogens is 1. The Labute approximate surface area is 182 Å². The predicted octanol–water partition coefficient (Wildman–Crippen LogP) is -0.224. The minimum Gasteiger partial charge on any atom is -0.496 e. The summed E-state index contributed by atoms with van der Waals surface area (Å²) in [7, 11) is 4.47. The molecule has 1 aliphatic heterocycles. The lowest BCUT2D eigenvalue weighted by Crippen LogP contribution is -2.44. The number of fused-ring (bicyclic) bond motifs is 1. The van der Waals surface area contributed by atoms with E-state index in [-0.39, 0.29) is 42.5 Å². The number of ether oxygens (including phenoxy) is 1. The van der Waals surface area contributed by atoms with Crippen molar-refractivity contribution >= 4 is 23.0 Å². The first-order valence-electron chi connectivity index (χ1n) is 10.2. The number of para-hydroxylation sites is 1. The molecule has 3 aromatic rings. The summed E-state index contributed by atoms with van der Waals surface area (Å²) < 4.78 is 7.61. The fraction of sp³-hybridized carbons (Fsp3) is 0.381. The van der Waals surface area contributed by atoms with Gasteiger partial charge >= 0.3 is 5.69 Å². The summed E-state index contributed by atoms with van der Waals surface area (Å²) in [6, 6.07) is 6.75. The van der Waals surface area contributed by atoms with Crippen LogP contribution in [0.4, 0.5) is 0 Å². The lowest BCUT2D eigenvalue weighted by atomic mass is 10.1. The summed E-state index contributed by atoms with van der Waals surface area (Å²) in [4.78, 5) is 58.4. The zero-order chi connectivity index (χ0) is 23.0. The maximum Gasteiger partial charge on any atom is 0.332 e. The first kappa shape index (κ1) is 21.3. The van der Waals surface area contributed by atoms with Gasteiger partial charge in [-0.15, -0.1) is 0 Å². The molecule has 11 nitrogen and oxygen atoms in total. The molecule has 0 saturated carbocycles. The van der Waals surface area contributed by atoms with Gasteiger partial charge in [0, 0.05) is 26.1 Å². The molecule has 3 heterocycles. The van der Waals surface area contributed by atoms with E-state index in [9.17, 15) is 19.2 Å². The zero-order valence-corrected chi connectivity index (χ0v) is 18.0. The Bertz CT molecular complexity index is 1320. The Morgan fingerprint density at radius 3 is 2.72 bits per heavy atom. The van der Waals surface area contributed by atoms with E-state index in [0.717, 1.165) is 10.1 Å². The van der Waals surface area contributed by atoms with Crippen LogP contribution in [0, 0.1) is 0 Å². The van der Waals surface area contributed by atoms with Crippen molar-refractivity contribution in [1.82, 2.24) is 29.3 Å². The zero-order valence-electron chi connectivity index (χ0n) is 18.0. The topological polar surface area (TPSA) is 131 Å². The van der Waals surface area contributed by atoms with Crippen LogP contribution in [0.1, 0.15) is 24.2 Å². The number of amides is 2. The molecule has 1 aliphatic rings. The molecule has 1 fully saturated rings. The minimum absolute atomic E-state index is 0.0258. The molecule has 2 aromatic heterocycles. The van der Waals surface area contributed by atoms with Crippen LogP contribution < -0.4 is 21.3 Å². The second-order valence-corrected chi connectivity index (χ2v) is 7.69. The van der Waals surface area contributed by atoms with Crippen LogP contribution >= 0.6 is 0 Å². The largest absolute Gasteiger partial charge is 0.496 e. The van der Waals surface area contributed by atoms with E-state index >= 15 is 0 Å². The molecule has 2 N–H and O–H groups in total. The first-order valence-corrected chi connectivity index (χ1v) is 10.2. The first-order chi connectivity index (χ1) is 15.3. The number of nitrogens with one attached hydrogen (secondary N) is 2. The average molecular weight is 440 g/mol. The number of aryl methyl sites for hydroxylation is 1. The normalized spacial score (nSPS) is 16.0. The minimum atomic E-state index is -0.617. The quantitative estimate of drug-likeness (QED) is 0.545. The van der Waals surface area contributed by atoms with E-state index < -0.39 is 17.3 Å². The second kappa shape index (κ2) is 8.33. The highest BCUT2D eigenvalue weighted by atomic mass is 16.5. The molecule has 0 spiro atoms. The fourth-order valence-electron chi connectivity index (χ4n) is 3.97. The molecule has 1 unspecified atom stereocenters. The van der Waals surface area contributed by atoms with Gasteiger partial charge in [-0.1, -0.05) is 18.2 Å². The van der Waals surface area contributed by atoms with Crippen molar-refractivity contribution in [2.75, 3.05) is 7.11 Å². The maximum absolute atomic E-state index is 12.9. The number of nitrogens with zero attached hydrogens (tertiary/aromatic N) is 4. The van der Waals surface area contributed by atoms with Gasteiger partial charge in [0.15, 0.2) is 5.65 Å². The third-order valence-corrected chi connectivity index (χ3v) is 5.74. The number of hydrogen-bond acceptors (Lipinski definition) is 6. The molecule has 0 aliphatic carbocycles. The van der Waals surface area contributed by atoms with Gasteiger partial charge in [0.2, 0.25) is 11.8 Å². The van der Waals surface area contributed by atoms with Crippen LogP contribution in [-0.2, 0) is 36.8 Å². The van der Waals surface area contributed by atoms with Crippen molar-refractivity contribution in [2.45, 2.75) is 32.0 Å². The summed E-state index contributed by atoms with van der Waals surface area (Å²) in [5.74, 6) is 0.583. The Morgan fingerprint density at radius 2 is 1.97 bits per heavy atom. The van der Waals surface area contributed by atoms with Crippen molar-refractivity contribution < 1.29 is 14.3 Å². The lowest BCUT2D eigenvalue weighted by molar-refractivity contribution is -0.135. The molecule has 0 radical (unpaired) electrons. The number of rotatable bonds is 6. The number of methoxy groups -OCH3 is 1. The van der Waals surface area contributed by atoms with Gasteiger partial charge < -0.3 is 19.9 Å². The maximum atomic E-state index is 12.9. The van der Waals surface area contributed by atoms with Crippen molar-refractivity contribution in [2.24, 2.45) is 14.1 Å². The average Bonchev–Trinajstić information content (AvgIpc) is 3.39. The summed E-state index contributed by atoms with van der Waals surface area (Å²) in [6.07, 6.45) is 0.699. The van der Waals surface area contributed by atoms with E-state index in [2.05, 4.69) is 15.3 Å². The van der Waals surface area contributed by atoms with Gasteiger partial charge in [-0.2, -0.15) is 0 Å². The van der Waals surface area contributed by atoms with E-state index in [1.54, 1.807) is 12.0 Å². The van der Waals surface area contributed by atoms with Crippen LogP contribution in [-0.4, -0.2) is 49.0 Å². The SMILES string of the molecule is COc1ccccc1CN1C(=O)CCC1C(=O)NCc1nc2c([nH]1)c(=O)n(C)c(=O)n2C. The molecule has 168 valence electrons. The van der Waals surface area contributed by atoms with E-state index in [1.807, 2.05) is 24.3 Å². The smallest absolute Gasteiger partial charge is 0.332 e. The second-order valence-electron chi connectivity index (χ2n) is 7.69. The molecule has 1 saturated heterocycles. The van der Waals surface area contributed by atoms with Crippen LogP contribution in [0.25, 0.3) is 11.2 Å². The third-order valence-electron chi connectivity index (χ3n) is 5.74. The van der Waals surface area contributed by atoms with Gasteiger partial charge in [-0.3, -0.25) is 23.5 Å². The summed E-state index contributed by atoms with van der Waals surface area (Å²) >= 11 is 0.